The van der Waals surface area contributed by atoms with Crippen molar-refractivity contribution in [3.05, 3.63) is 53.6 Å². The molecule has 2 aromatic carbocycles. The lowest BCUT2D eigenvalue weighted by Gasteiger charge is -2.21. The fraction of sp³-hybridized carbons (Fsp3) is 0.294. The Morgan fingerprint density at radius 1 is 1.10 bits per heavy atom. The summed E-state index contributed by atoms with van der Waals surface area (Å²) in [6.45, 7) is 1.66. The van der Waals surface area contributed by atoms with Gasteiger partial charge in [-0.15, -0.1) is 0 Å². The highest BCUT2D eigenvalue weighted by Gasteiger charge is 2.12. The second kappa shape index (κ2) is 5.87. The van der Waals surface area contributed by atoms with Gasteiger partial charge in [-0.05, 0) is 42.2 Å². The zero-order valence-electron chi connectivity index (χ0n) is 11.7. The van der Waals surface area contributed by atoms with E-state index in [2.05, 4.69) is 23.5 Å². The molecular weight excluding hydrogens is 250 g/mol. The molecule has 0 saturated carbocycles. The van der Waals surface area contributed by atoms with Crippen molar-refractivity contribution >= 4 is 5.69 Å². The third-order valence-electron chi connectivity index (χ3n) is 3.63. The normalized spacial score (nSPS) is 13.2. The van der Waals surface area contributed by atoms with Crippen LogP contribution >= 0.6 is 0 Å². The van der Waals surface area contributed by atoms with E-state index in [4.69, 9.17) is 9.47 Å². The minimum Gasteiger partial charge on any atom is -0.497 e. The largest absolute Gasteiger partial charge is 0.497 e. The highest BCUT2D eigenvalue weighted by Crippen LogP contribution is 2.27. The molecule has 0 atom stereocenters. The number of rotatable bonds is 4. The molecule has 1 N–H and O–H groups in total. The van der Waals surface area contributed by atoms with Gasteiger partial charge in [0.15, 0.2) is 0 Å². The molecule has 1 heterocycles. The first kappa shape index (κ1) is 12.9. The van der Waals surface area contributed by atoms with E-state index < -0.39 is 0 Å². The molecule has 0 bridgehead atoms. The Labute approximate surface area is 119 Å². The van der Waals surface area contributed by atoms with Crippen LogP contribution in [-0.2, 0) is 13.0 Å². The molecule has 0 aromatic heterocycles. The van der Waals surface area contributed by atoms with Crippen LogP contribution < -0.4 is 14.8 Å². The summed E-state index contributed by atoms with van der Waals surface area (Å²) in [7, 11) is 1.67. The highest BCUT2D eigenvalue weighted by molar-refractivity contribution is 5.56. The van der Waals surface area contributed by atoms with Gasteiger partial charge < -0.3 is 14.8 Å². The summed E-state index contributed by atoms with van der Waals surface area (Å²) in [4.78, 5) is 0. The van der Waals surface area contributed by atoms with Gasteiger partial charge in [0.25, 0.3) is 0 Å². The van der Waals surface area contributed by atoms with Gasteiger partial charge in [0.1, 0.15) is 18.1 Å². The van der Waals surface area contributed by atoms with E-state index in [1.54, 1.807) is 7.11 Å². The van der Waals surface area contributed by atoms with E-state index in [9.17, 15) is 0 Å². The van der Waals surface area contributed by atoms with Crippen LogP contribution in [0.3, 0.4) is 0 Å². The standard InChI is InChI=1S/C17H19NO2/c1-19-14-6-3-7-15(11-14)20-12-13-5-2-9-17-16(13)8-4-10-18-17/h2-3,5-7,9,11,18H,4,8,10,12H2,1H3. The van der Waals surface area contributed by atoms with E-state index >= 15 is 0 Å². The predicted octanol–water partition coefficient (Wildman–Crippen LogP) is 3.63. The van der Waals surface area contributed by atoms with Crippen molar-refractivity contribution in [2.75, 3.05) is 19.0 Å². The summed E-state index contributed by atoms with van der Waals surface area (Å²) >= 11 is 0. The Hall–Kier alpha value is -2.16. The Morgan fingerprint density at radius 2 is 1.95 bits per heavy atom. The highest BCUT2D eigenvalue weighted by atomic mass is 16.5. The SMILES string of the molecule is COc1cccc(OCc2cccc3c2CCCN3)c1. The monoisotopic (exact) mass is 269 g/mol. The number of nitrogens with one attached hydrogen (secondary N) is 1. The zero-order chi connectivity index (χ0) is 13.8. The molecule has 0 radical (unpaired) electrons. The van der Waals surface area contributed by atoms with Crippen molar-refractivity contribution in [1.82, 2.24) is 0 Å². The van der Waals surface area contributed by atoms with Gasteiger partial charge >= 0.3 is 0 Å². The first-order chi connectivity index (χ1) is 9.86. The number of hydrogen-bond acceptors (Lipinski definition) is 3. The second-order valence-corrected chi connectivity index (χ2v) is 4.94. The average molecular weight is 269 g/mol. The van der Waals surface area contributed by atoms with Crippen LogP contribution in [0.4, 0.5) is 5.69 Å². The van der Waals surface area contributed by atoms with Gasteiger partial charge in [-0.3, -0.25) is 0 Å². The van der Waals surface area contributed by atoms with Crippen LogP contribution in [-0.4, -0.2) is 13.7 Å². The third-order valence-corrected chi connectivity index (χ3v) is 3.63. The molecule has 3 nitrogen and oxygen atoms in total. The zero-order valence-corrected chi connectivity index (χ0v) is 11.7. The summed E-state index contributed by atoms with van der Waals surface area (Å²) in [5, 5.41) is 3.44. The fourth-order valence-corrected chi connectivity index (χ4v) is 2.57. The van der Waals surface area contributed by atoms with Gasteiger partial charge in [-0.1, -0.05) is 18.2 Å². The first-order valence-corrected chi connectivity index (χ1v) is 6.98. The maximum Gasteiger partial charge on any atom is 0.123 e. The minimum atomic E-state index is 0.595. The third kappa shape index (κ3) is 2.72. The van der Waals surface area contributed by atoms with E-state index in [1.807, 2.05) is 24.3 Å². The van der Waals surface area contributed by atoms with Crippen LogP contribution in [0.1, 0.15) is 17.5 Å². The van der Waals surface area contributed by atoms with Crippen LogP contribution in [0, 0.1) is 0 Å². The lowest BCUT2D eigenvalue weighted by Crippen LogP contribution is -2.14. The Bertz CT molecular complexity index is 595. The molecule has 0 spiro atoms. The summed E-state index contributed by atoms with van der Waals surface area (Å²) in [5.74, 6) is 1.66. The van der Waals surface area contributed by atoms with Crippen molar-refractivity contribution in [1.29, 1.82) is 0 Å². The Balaban J connectivity index is 1.75. The molecular formula is C17H19NO2. The molecule has 0 amide bonds. The van der Waals surface area contributed by atoms with Gasteiger partial charge in [0.05, 0.1) is 7.11 Å². The van der Waals surface area contributed by atoms with Gasteiger partial charge in [0.2, 0.25) is 0 Å². The minimum absolute atomic E-state index is 0.595. The van der Waals surface area contributed by atoms with Crippen molar-refractivity contribution in [3.8, 4) is 11.5 Å². The predicted molar refractivity (Wildman–Crippen MR) is 80.6 cm³/mol. The number of hydrogen-bond donors (Lipinski definition) is 1. The number of ether oxygens (including phenoxy) is 2. The molecule has 3 heteroatoms. The topological polar surface area (TPSA) is 30.5 Å². The summed E-state index contributed by atoms with van der Waals surface area (Å²) in [6.07, 6.45) is 2.31. The summed E-state index contributed by atoms with van der Waals surface area (Å²) in [6, 6.07) is 14.1. The lowest BCUT2D eigenvalue weighted by molar-refractivity contribution is 0.302. The first-order valence-electron chi connectivity index (χ1n) is 6.98. The number of fused-ring (bicyclic) bond motifs is 1. The molecule has 2 aromatic rings. The van der Waals surface area contributed by atoms with Gasteiger partial charge in [0, 0.05) is 18.3 Å². The molecule has 3 rings (SSSR count). The van der Waals surface area contributed by atoms with Crippen LogP contribution in [0.25, 0.3) is 0 Å². The molecule has 20 heavy (non-hydrogen) atoms. The van der Waals surface area contributed by atoms with Crippen molar-refractivity contribution in [3.63, 3.8) is 0 Å². The summed E-state index contributed by atoms with van der Waals surface area (Å²) in [5.41, 5.74) is 3.90. The number of benzene rings is 2. The Morgan fingerprint density at radius 3 is 2.85 bits per heavy atom. The number of methoxy groups -OCH3 is 1. The average Bonchev–Trinajstić information content (AvgIpc) is 2.53. The van der Waals surface area contributed by atoms with Gasteiger partial charge in [-0.25, -0.2) is 0 Å². The van der Waals surface area contributed by atoms with Crippen molar-refractivity contribution in [2.45, 2.75) is 19.4 Å². The maximum absolute atomic E-state index is 5.89. The van der Waals surface area contributed by atoms with E-state index in [0.29, 0.717) is 6.61 Å². The molecule has 0 unspecified atom stereocenters. The molecule has 0 aliphatic carbocycles. The van der Waals surface area contributed by atoms with Crippen molar-refractivity contribution < 1.29 is 9.47 Å². The molecule has 104 valence electrons. The summed E-state index contributed by atoms with van der Waals surface area (Å²) < 4.78 is 11.1. The quantitative estimate of drug-likeness (QED) is 0.919. The molecule has 0 saturated heterocycles. The van der Waals surface area contributed by atoms with E-state index in [1.165, 1.54) is 23.2 Å². The van der Waals surface area contributed by atoms with Crippen LogP contribution in [0.5, 0.6) is 11.5 Å². The Kier molecular flexibility index (Phi) is 3.77. The van der Waals surface area contributed by atoms with E-state index in [0.717, 1.165) is 24.5 Å². The molecule has 0 fully saturated rings. The van der Waals surface area contributed by atoms with Crippen molar-refractivity contribution in [2.24, 2.45) is 0 Å². The molecule has 1 aliphatic rings. The maximum atomic E-state index is 5.89. The van der Waals surface area contributed by atoms with E-state index in [-0.39, 0.29) is 0 Å². The van der Waals surface area contributed by atoms with Crippen LogP contribution in [0.15, 0.2) is 42.5 Å². The fourth-order valence-electron chi connectivity index (χ4n) is 2.57. The lowest BCUT2D eigenvalue weighted by atomic mass is 9.98. The second-order valence-electron chi connectivity index (χ2n) is 4.94. The van der Waals surface area contributed by atoms with Gasteiger partial charge in [-0.2, -0.15) is 0 Å². The molecule has 1 aliphatic heterocycles. The number of anilines is 1. The van der Waals surface area contributed by atoms with Crippen LogP contribution in [0.2, 0.25) is 0 Å². The smallest absolute Gasteiger partial charge is 0.123 e.